The van der Waals surface area contributed by atoms with E-state index < -0.39 is 0 Å². The normalized spacial score (nSPS) is 13.4. The van der Waals surface area contributed by atoms with Gasteiger partial charge in [0.2, 0.25) is 0 Å². The van der Waals surface area contributed by atoms with E-state index in [9.17, 15) is 0 Å². The van der Waals surface area contributed by atoms with Gasteiger partial charge in [0.15, 0.2) is 0 Å². The molecular weight excluding hydrogens is 246 g/mol. The van der Waals surface area contributed by atoms with Gasteiger partial charge >= 0.3 is 0 Å². The average molecular weight is 270 g/mol. The van der Waals surface area contributed by atoms with E-state index in [0.29, 0.717) is 12.5 Å². The minimum absolute atomic E-state index is 0.157. The summed E-state index contributed by atoms with van der Waals surface area (Å²) in [6.45, 7) is 12.4. The Morgan fingerprint density at radius 3 is 2.56 bits per heavy atom. The summed E-state index contributed by atoms with van der Waals surface area (Å²) in [5, 5.41) is 4.23. The molecule has 1 aromatic rings. The van der Waals surface area contributed by atoms with Gasteiger partial charge < -0.3 is 10.1 Å². The third-order valence-electron chi connectivity index (χ3n) is 2.64. The second-order valence-corrected chi connectivity index (χ2v) is 6.39. The van der Waals surface area contributed by atoms with Gasteiger partial charge in [-0.2, -0.15) is 0 Å². The molecule has 0 amide bonds. The topological polar surface area (TPSA) is 21.3 Å². The van der Waals surface area contributed by atoms with E-state index in [4.69, 9.17) is 16.3 Å². The van der Waals surface area contributed by atoms with Crippen molar-refractivity contribution in [1.29, 1.82) is 0 Å². The van der Waals surface area contributed by atoms with Crippen LogP contribution in [0.2, 0.25) is 5.02 Å². The Morgan fingerprint density at radius 2 is 2.00 bits per heavy atom. The zero-order valence-electron chi connectivity index (χ0n) is 12.0. The smallest absolute Gasteiger partial charge is 0.122 e. The Bertz CT molecular complexity index is 385. The largest absolute Gasteiger partial charge is 0.493 e. The van der Waals surface area contributed by atoms with E-state index in [-0.39, 0.29) is 5.54 Å². The summed E-state index contributed by atoms with van der Waals surface area (Å²) in [4.78, 5) is 0. The molecule has 18 heavy (non-hydrogen) atoms. The number of hydrogen-bond acceptors (Lipinski definition) is 2. The number of nitrogens with one attached hydrogen (secondary N) is 1. The van der Waals surface area contributed by atoms with Crippen molar-refractivity contribution in [3.63, 3.8) is 0 Å². The molecule has 0 aromatic heterocycles. The van der Waals surface area contributed by atoms with Gasteiger partial charge in [-0.15, -0.1) is 0 Å². The molecule has 0 saturated heterocycles. The molecule has 0 heterocycles. The van der Waals surface area contributed by atoms with Crippen molar-refractivity contribution in [2.45, 2.75) is 40.2 Å². The predicted molar refractivity (Wildman–Crippen MR) is 78.6 cm³/mol. The third kappa shape index (κ3) is 5.74. The van der Waals surface area contributed by atoms with Crippen LogP contribution < -0.4 is 10.1 Å². The number of rotatable bonds is 5. The molecule has 0 radical (unpaired) electrons. The lowest BCUT2D eigenvalue weighted by atomic mass is 10.1. The summed E-state index contributed by atoms with van der Waals surface area (Å²) in [5.74, 6) is 1.39. The first-order valence-electron chi connectivity index (χ1n) is 6.42. The van der Waals surface area contributed by atoms with E-state index >= 15 is 0 Å². The Kier molecular flexibility index (Phi) is 5.48. The number of hydrogen-bond donors (Lipinski definition) is 1. The lowest BCUT2D eigenvalue weighted by Crippen LogP contribution is -2.39. The second-order valence-electron chi connectivity index (χ2n) is 5.96. The van der Waals surface area contributed by atoms with Gasteiger partial charge in [0, 0.05) is 23.0 Å². The SMILES string of the molecule is Cc1cc(Cl)ccc1OCC(C)CNC(C)(C)C. The molecule has 1 aromatic carbocycles. The monoisotopic (exact) mass is 269 g/mol. The van der Waals surface area contributed by atoms with Crippen LogP contribution in [-0.2, 0) is 0 Å². The molecule has 0 saturated carbocycles. The van der Waals surface area contributed by atoms with Crippen LogP contribution in [0.5, 0.6) is 5.75 Å². The summed E-state index contributed by atoms with van der Waals surface area (Å²) in [7, 11) is 0. The molecule has 0 aliphatic rings. The standard InChI is InChI=1S/C15H24ClNO/c1-11(9-17-15(3,4)5)10-18-14-7-6-13(16)8-12(14)2/h6-8,11,17H,9-10H2,1-5H3. The third-order valence-corrected chi connectivity index (χ3v) is 2.88. The number of halogens is 1. The van der Waals surface area contributed by atoms with E-state index in [2.05, 4.69) is 33.0 Å². The molecular formula is C15H24ClNO. The molecule has 1 N–H and O–H groups in total. The van der Waals surface area contributed by atoms with Crippen molar-refractivity contribution in [2.75, 3.05) is 13.2 Å². The minimum Gasteiger partial charge on any atom is -0.493 e. The van der Waals surface area contributed by atoms with Crippen molar-refractivity contribution >= 4 is 11.6 Å². The van der Waals surface area contributed by atoms with Crippen molar-refractivity contribution in [3.05, 3.63) is 28.8 Å². The molecule has 102 valence electrons. The molecule has 2 nitrogen and oxygen atoms in total. The summed E-state index contributed by atoms with van der Waals surface area (Å²) in [6.07, 6.45) is 0. The quantitative estimate of drug-likeness (QED) is 0.871. The highest BCUT2D eigenvalue weighted by atomic mass is 35.5. The van der Waals surface area contributed by atoms with Crippen LogP contribution in [0, 0.1) is 12.8 Å². The first kappa shape index (κ1) is 15.3. The molecule has 0 aliphatic heterocycles. The highest BCUT2D eigenvalue weighted by Crippen LogP contribution is 2.22. The predicted octanol–water partition coefficient (Wildman–Crippen LogP) is 4.05. The van der Waals surface area contributed by atoms with E-state index in [0.717, 1.165) is 22.9 Å². The maximum absolute atomic E-state index is 5.91. The minimum atomic E-state index is 0.157. The molecule has 0 fully saturated rings. The van der Waals surface area contributed by atoms with Gasteiger partial charge in [0.25, 0.3) is 0 Å². The molecule has 1 atom stereocenters. The van der Waals surface area contributed by atoms with Crippen molar-refractivity contribution in [1.82, 2.24) is 5.32 Å². The summed E-state index contributed by atoms with van der Waals surface area (Å²) in [5.41, 5.74) is 1.24. The molecule has 1 unspecified atom stereocenters. The van der Waals surface area contributed by atoms with Gasteiger partial charge in [-0.3, -0.25) is 0 Å². The van der Waals surface area contributed by atoms with Crippen LogP contribution >= 0.6 is 11.6 Å². The van der Waals surface area contributed by atoms with Crippen LogP contribution in [0.1, 0.15) is 33.3 Å². The number of aryl methyl sites for hydroxylation is 1. The van der Waals surface area contributed by atoms with Crippen LogP contribution in [0.15, 0.2) is 18.2 Å². The van der Waals surface area contributed by atoms with E-state index in [1.165, 1.54) is 0 Å². The first-order chi connectivity index (χ1) is 8.28. The Balaban J connectivity index is 2.40. The van der Waals surface area contributed by atoms with E-state index in [1.807, 2.05) is 25.1 Å². The van der Waals surface area contributed by atoms with Crippen LogP contribution in [-0.4, -0.2) is 18.7 Å². The van der Waals surface area contributed by atoms with Crippen LogP contribution in [0.25, 0.3) is 0 Å². The van der Waals surface area contributed by atoms with Crippen molar-refractivity contribution in [3.8, 4) is 5.75 Å². The van der Waals surface area contributed by atoms with Crippen molar-refractivity contribution < 1.29 is 4.74 Å². The lowest BCUT2D eigenvalue weighted by Gasteiger charge is -2.23. The van der Waals surface area contributed by atoms with Crippen LogP contribution in [0.4, 0.5) is 0 Å². The molecule has 3 heteroatoms. The fourth-order valence-electron chi connectivity index (χ4n) is 1.55. The van der Waals surface area contributed by atoms with Crippen molar-refractivity contribution in [2.24, 2.45) is 5.92 Å². The molecule has 0 bridgehead atoms. The fraction of sp³-hybridized carbons (Fsp3) is 0.600. The number of benzene rings is 1. The molecule has 0 aliphatic carbocycles. The number of ether oxygens (including phenoxy) is 1. The second kappa shape index (κ2) is 6.44. The molecule has 0 spiro atoms. The summed E-state index contributed by atoms with van der Waals surface area (Å²) in [6, 6.07) is 5.72. The molecule has 1 rings (SSSR count). The lowest BCUT2D eigenvalue weighted by molar-refractivity contribution is 0.243. The zero-order chi connectivity index (χ0) is 13.8. The zero-order valence-corrected chi connectivity index (χ0v) is 12.8. The first-order valence-corrected chi connectivity index (χ1v) is 6.80. The maximum Gasteiger partial charge on any atom is 0.122 e. The van der Waals surface area contributed by atoms with E-state index in [1.54, 1.807) is 0 Å². The van der Waals surface area contributed by atoms with Crippen LogP contribution in [0.3, 0.4) is 0 Å². The fourth-order valence-corrected chi connectivity index (χ4v) is 1.77. The maximum atomic E-state index is 5.91. The average Bonchev–Trinajstić information content (AvgIpc) is 2.24. The Morgan fingerprint density at radius 1 is 1.33 bits per heavy atom. The Labute approximate surface area is 116 Å². The summed E-state index contributed by atoms with van der Waals surface area (Å²) >= 11 is 5.91. The highest BCUT2D eigenvalue weighted by Gasteiger charge is 2.11. The van der Waals surface area contributed by atoms with Gasteiger partial charge in [0.05, 0.1) is 6.61 Å². The van der Waals surface area contributed by atoms with Gasteiger partial charge in [-0.1, -0.05) is 18.5 Å². The van der Waals surface area contributed by atoms with Gasteiger partial charge in [-0.05, 0) is 51.5 Å². The van der Waals surface area contributed by atoms with Gasteiger partial charge in [-0.25, -0.2) is 0 Å². The van der Waals surface area contributed by atoms with Gasteiger partial charge in [0.1, 0.15) is 5.75 Å². The summed E-state index contributed by atoms with van der Waals surface area (Å²) < 4.78 is 5.82. The highest BCUT2D eigenvalue weighted by molar-refractivity contribution is 6.30. The Hall–Kier alpha value is -0.730.